The zero-order valence-electron chi connectivity index (χ0n) is 12.3. The fourth-order valence-corrected chi connectivity index (χ4v) is 3.72. The Morgan fingerprint density at radius 1 is 1.38 bits per heavy atom. The number of halogens is 1. The maximum Gasteiger partial charge on any atom is 0.254 e. The highest BCUT2D eigenvalue weighted by atomic mass is 32.2. The van der Waals surface area contributed by atoms with E-state index in [-0.39, 0.29) is 28.0 Å². The molecule has 0 aromatic heterocycles. The number of nitrogens with two attached hydrogens (primary N) is 1. The summed E-state index contributed by atoms with van der Waals surface area (Å²) in [6, 6.07) is 1.97. The van der Waals surface area contributed by atoms with Gasteiger partial charge < -0.3 is 4.90 Å². The summed E-state index contributed by atoms with van der Waals surface area (Å²) < 4.78 is 36.7. The molecule has 0 radical (unpaired) electrons. The molecule has 1 aliphatic rings. The average molecular weight is 314 g/mol. The summed E-state index contributed by atoms with van der Waals surface area (Å²) in [5.74, 6) is -0.767. The van der Waals surface area contributed by atoms with E-state index in [0.717, 1.165) is 18.6 Å². The molecule has 0 saturated carbocycles. The first-order valence-corrected chi connectivity index (χ1v) is 8.29. The monoisotopic (exact) mass is 314 g/mol. The maximum absolute atomic E-state index is 13.7. The van der Waals surface area contributed by atoms with Crippen molar-refractivity contribution in [2.24, 2.45) is 11.1 Å². The topological polar surface area (TPSA) is 80.5 Å². The molecule has 21 heavy (non-hydrogen) atoms. The molecular weight excluding hydrogens is 295 g/mol. The van der Waals surface area contributed by atoms with Gasteiger partial charge in [0.1, 0.15) is 5.82 Å². The third-order valence-electron chi connectivity index (χ3n) is 3.91. The number of carbonyl (C=O) groups excluding carboxylic acids is 1. The molecule has 1 aliphatic heterocycles. The molecule has 5 nitrogen and oxygen atoms in total. The minimum Gasteiger partial charge on any atom is -0.336 e. The predicted molar refractivity (Wildman–Crippen MR) is 76.8 cm³/mol. The highest BCUT2D eigenvalue weighted by Gasteiger charge is 2.32. The normalized spacial score (nSPS) is 22.6. The van der Waals surface area contributed by atoms with Crippen LogP contribution >= 0.6 is 0 Å². The van der Waals surface area contributed by atoms with Crippen molar-refractivity contribution < 1.29 is 17.6 Å². The zero-order chi connectivity index (χ0) is 15.9. The Morgan fingerprint density at radius 2 is 2.00 bits per heavy atom. The van der Waals surface area contributed by atoms with Gasteiger partial charge in [0, 0.05) is 18.2 Å². The quantitative estimate of drug-likeness (QED) is 0.901. The van der Waals surface area contributed by atoms with Gasteiger partial charge in [0.2, 0.25) is 10.0 Å². The molecule has 0 bridgehead atoms. The summed E-state index contributed by atoms with van der Waals surface area (Å²) in [4.78, 5) is 13.9. The Hall–Kier alpha value is -1.47. The van der Waals surface area contributed by atoms with Crippen LogP contribution in [0.1, 0.15) is 36.2 Å². The summed E-state index contributed by atoms with van der Waals surface area (Å²) >= 11 is 0. The van der Waals surface area contributed by atoms with Crippen LogP contribution in [-0.4, -0.2) is 31.8 Å². The largest absolute Gasteiger partial charge is 0.336 e. The van der Waals surface area contributed by atoms with Crippen LogP contribution in [0.25, 0.3) is 0 Å². The van der Waals surface area contributed by atoms with Gasteiger partial charge >= 0.3 is 0 Å². The van der Waals surface area contributed by atoms with Crippen molar-refractivity contribution in [3.8, 4) is 0 Å². The van der Waals surface area contributed by atoms with Crippen LogP contribution in [0.4, 0.5) is 4.39 Å². The predicted octanol–water partition coefficient (Wildman–Crippen LogP) is 1.65. The molecule has 2 N–H and O–H groups in total. The van der Waals surface area contributed by atoms with E-state index in [2.05, 4.69) is 0 Å². The summed E-state index contributed by atoms with van der Waals surface area (Å²) in [6.07, 6.45) is 0.877. The Kier molecular flexibility index (Phi) is 4.08. The van der Waals surface area contributed by atoms with E-state index in [9.17, 15) is 17.6 Å². The molecule has 2 atom stereocenters. The lowest BCUT2D eigenvalue weighted by atomic mass is 10.1. The smallest absolute Gasteiger partial charge is 0.254 e. The highest BCUT2D eigenvalue weighted by molar-refractivity contribution is 7.89. The Balaban J connectivity index is 2.50. The molecule has 116 valence electrons. The number of rotatable bonds is 2. The number of sulfonamides is 1. The van der Waals surface area contributed by atoms with Gasteiger partial charge in [0.05, 0.1) is 4.90 Å². The molecule has 1 fully saturated rings. The van der Waals surface area contributed by atoms with Gasteiger partial charge in [0.25, 0.3) is 5.91 Å². The van der Waals surface area contributed by atoms with Gasteiger partial charge in [-0.25, -0.2) is 17.9 Å². The Bertz CT molecular complexity index is 688. The second kappa shape index (κ2) is 5.38. The fraction of sp³-hybridized carbons (Fsp3) is 0.500. The molecule has 2 rings (SSSR count). The van der Waals surface area contributed by atoms with Crippen LogP contribution < -0.4 is 5.14 Å². The van der Waals surface area contributed by atoms with Crippen molar-refractivity contribution in [1.29, 1.82) is 0 Å². The van der Waals surface area contributed by atoms with Crippen molar-refractivity contribution in [3.05, 3.63) is 29.1 Å². The van der Waals surface area contributed by atoms with Crippen LogP contribution in [0.5, 0.6) is 0 Å². The van der Waals surface area contributed by atoms with Crippen LogP contribution in [0.15, 0.2) is 17.0 Å². The van der Waals surface area contributed by atoms with E-state index >= 15 is 0 Å². The van der Waals surface area contributed by atoms with Crippen LogP contribution in [0.2, 0.25) is 0 Å². The molecule has 0 aliphatic carbocycles. The van der Waals surface area contributed by atoms with Crippen molar-refractivity contribution in [3.63, 3.8) is 0 Å². The lowest BCUT2D eigenvalue weighted by Crippen LogP contribution is -2.34. The number of likely N-dealkylation sites (tertiary alicyclic amines) is 1. The fourth-order valence-electron chi connectivity index (χ4n) is 2.91. The zero-order valence-corrected chi connectivity index (χ0v) is 13.1. The molecule has 2 unspecified atom stereocenters. The van der Waals surface area contributed by atoms with E-state index in [1.54, 1.807) is 4.90 Å². The number of hydrogen-bond donors (Lipinski definition) is 1. The number of carbonyl (C=O) groups is 1. The van der Waals surface area contributed by atoms with Crippen molar-refractivity contribution in [2.75, 3.05) is 6.54 Å². The van der Waals surface area contributed by atoms with E-state index < -0.39 is 15.8 Å². The molecule has 7 heteroatoms. The number of hydrogen-bond acceptors (Lipinski definition) is 3. The molecule has 1 aromatic rings. The molecule has 0 spiro atoms. The van der Waals surface area contributed by atoms with Gasteiger partial charge in [-0.15, -0.1) is 0 Å². The van der Waals surface area contributed by atoms with Gasteiger partial charge in [-0.1, -0.05) is 6.92 Å². The first-order valence-electron chi connectivity index (χ1n) is 6.75. The third kappa shape index (κ3) is 3.08. The molecule has 1 saturated heterocycles. The summed E-state index contributed by atoms with van der Waals surface area (Å²) in [5, 5.41) is 5.08. The lowest BCUT2D eigenvalue weighted by molar-refractivity contribution is 0.0742. The molecule has 1 aromatic carbocycles. The van der Waals surface area contributed by atoms with E-state index in [1.807, 2.05) is 13.8 Å². The molecule has 1 amide bonds. The first kappa shape index (κ1) is 15.9. The van der Waals surface area contributed by atoms with Gasteiger partial charge in [-0.05, 0) is 43.9 Å². The summed E-state index contributed by atoms with van der Waals surface area (Å²) in [5.41, 5.74) is 0.246. The molecule has 1 heterocycles. The van der Waals surface area contributed by atoms with Gasteiger partial charge in [0.15, 0.2) is 0 Å². The summed E-state index contributed by atoms with van der Waals surface area (Å²) in [7, 11) is -4.07. The number of nitrogens with zero attached hydrogens (tertiary/aromatic N) is 1. The number of amides is 1. The lowest BCUT2D eigenvalue weighted by Gasteiger charge is -2.23. The first-order chi connectivity index (χ1) is 9.61. The van der Waals surface area contributed by atoms with E-state index in [4.69, 9.17) is 5.14 Å². The minimum atomic E-state index is -4.07. The van der Waals surface area contributed by atoms with E-state index in [1.165, 1.54) is 6.92 Å². The highest BCUT2D eigenvalue weighted by Crippen LogP contribution is 2.27. The van der Waals surface area contributed by atoms with Crippen molar-refractivity contribution in [2.45, 2.75) is 38.1 Å². The van der Waals surface area contributed by atoms with Crippen LogP contribution in [-0.2, 0) is 10.0 Å². The maximum atomic E-state index is 13.7. The average Bonchev–Trinajstić information content (AvgIpc) is 2.68. The second-order valence-corrected chi connectivity index (χ2v) is 7.30. The van der Waals surface area contributed by atoms with Crippen molar-refractivity contribution in [1.82, 2.24) is 4.90 Å². The molecular formula is C14H19FN2O3S. The van der Waals surface area contributed by atoms with Crippen molar-refractivity contribution >= 4 is 15.9 Å². The standard InChI is InChI=1S/C14H19FN2O3S/c1-8-4-9(2)17(7-8)14(18)12-5-11(15)6-13(10(12)3)21(16,19)20/h5-6,8-9H,4,7H2,1-3H3,(H2,16,19,20). The van der Waals surface area contributed by atoms with Crippen LogP contribution in [0.3, 0.4) is 0 Å². The van der Waals surface area contributed by atoms with E-state index in [0.29, 0.717) is 12.5 Å². The van der Waals surface area contributed by atoms with Gasteiger partial charge in [-0.2, -0.15) is 0 Å². The SMILES string of the molecule is Cc1c(C(=O)N2CC(C)CC2C)cc(F)cc1S(N)(=O)=O. The second-order valence-electron chi connectivity index (χ2n) is 5.77. The minimum absolute atomic E-state index is 0.0492. The van der Waals surface area contributed by atoms with Gasteiger partial charge in [-0.3, -0.25) is 4.79 Å². The third-order valence-corrected chi connectivity index (χ3v) is 4.94. The number of primary sulfonamides is 1. The number of benzene rings is 1. The van der Waals surface area contributed by atoms with Crippen LogP contribution in [0, 0.1) is 18.7 Å². The Labute approximate surface area is 124 Å². The summed E-state index contributed by atoms with van der Waals surface area (Å²) in [6.45, 7) is 6.02. The Morgan fingerprint density at radius 3 is 2.48 bits per heavy atom.